The van der Waals surface area contributed by atoms with Crippen LogP contribution in [0.4, 0.5) is 11.4 Å². The molecule has 4 aromatic heterocycles. The van der Waals surface area contributed by atoms with E-state index >= 15 is 0 Å². The maximum absolute atomic E-state index is 13.2. The first-order chi connectivity index (χ1) is 28.7. The zero-order valence-corrected chi connectivity index (χ0v) is 34.6. The molecule has 2 fully saturated rings. The standard InChI is InChI=1S/C45H51N9O4S/c1-28-25-47-40-39-32-13-14-33(49-34(32)15-17-37(39)59-42(40)44(57)48-28)30-24-31(27-46-26-30)53-22-20-52(21-23-53)19-8-6-4-3-5-7-10-29-11-9-12-35-41(29)51(2)45(58)54(35)36-16-18-38(55)50-43(36)56/h9,11-15,17,24,26-28,36,47H,3-8,10,16,18-23,25H2,1-2H3,(H,48,57)(H,50,55,56)/t28-,36?/m1/s1. The molecule has 2 aromatic carbocycles. The summed E-state index contributed by atoms with van der Waals surface area (Å²) in [6.07, 6.45) is 12.3. The van der Waals surface area contributed by atoms with Crippen molar-refractivity contribution in [1.29, 1.82) is 0 Å². The van der Waals surface area contributed by atoms with E-state index in [4.69, 9.17) is 4.98 Å². The molecule has 3 aliphatic heterocycles. The number of unbranched alkanes of at least 4 members (excludes halogenated alkanes) is 5. The second-order valence-corrected chi connectivity index (χ2v) is 17.4. The number of hydrogen-bond donors (Lipinski definition) is 3. The lowest BCUT2D eigenvalue weighted by Crippen LogP contribution is -2.46. The van der Waals surface area contributed by atoms with Crippen molar-refractivity contribution < 1.29 is 14.4 Å². The van der Waals surface area contributed by atoms with Gasteiger partial charge in [0.2, 0.25) is 11.8 Å². The first-order valence-electron chi connectivity index (χ1n) is 21.1. The number of hydrogen-bond acceptors (Lipinski definition) is 10. The average Bonchev–Trinajstić information content (AvgIpc) is 3.70. The van der Waals surface area contributed by atoms with Crippen LogP contribution in [0.5, 0.6) is 0 Å². The van der Waals surface area contributed by atoms with E-state index in [-0.39, 0.29) is 30.0 Å². The van der Waals surface area contributed by atoms with E-state index in [0.29, 0.717) is 13.0 Å². The van der Waals surface area contributed by atoms with E-state index in [1.165, 1.54) is 37.0 Å². The fourth-order valence-corrected chi connectivity index (χ4v) is 10.3. The molecule has 6 aromatic rings. The Morgan fingerprint density at radius 1 is 0.898 bits per heavy atom. The van der Waals surface area contributed by atoms with Gasteiger partial charge in [0.15, 0.2) is 0 Å². The largest absolute Gasteiger partial charge is 0.381 e. The highest BCUT2D eigenvalue weighted by molar-refractivity contribution is 7.21. The molecule has 13 nitrogen and oxygen atoms in total. The number of aromatic nitrogens is 4. The third kappa shape index (κ3) is 7.71. The number of anilines is 2. The number of para-hydroxylation sites is 1. The van der Waals surface area contributed by atoms with E-state index in [2.05, 4.69) is 67.1 Å². The lowest BCUT2D eigenvalue weighted by molar-refractivity contribution is -0.135. The fourth-order valence-electron chi connectivity index (χ4n) is 9.17. The number of rotatable bonds is 12. The van der Waals surface area contributed by atoms with Crippen molar-refractivity contribution in [2.75, 3.05) is 49.5 Å². The molecule has 0 spiro atoms. The third-order valence-corrected chi connectivity index (χ3v) is 13.5. The minimum atomic E-state index is -0.663. The van der Waals surface area contributed by atoms with E-state index in [1.807, 2.05) is 31.5 Å². The van der Waals surface area contributed by atoms with Gasteiger partial charge in [-0.15, -0.1) is 11.3 Å². The molecule has 59 heavy (non-hydrogen) atoms. The Balaban J connectivity index is 0.732. The van der Waals surface area contributed by atoms with Gasteiger partial charge in [0.25, 0.3) is 5.91 Å². The lowest BCUT2D eigenvalue weighted by Gasteiger charge is -2.36. The van der Waals surface area contributed by atoms with Crippen molar-refractivity contribution in [1.82, 2.24) is 34.6 Å². The number of imidazole rings is 1. The van der Waals surface area contributed by atoms with Crippen LogP contribution in [0, 0.1) is 0 Å². The number of nitrogens with one attached hydrogen (secondary N) is 3. The summed E-state index contributed by atoms with van der Waals surface area (Å²) in [6.45, 7) is 7.80. The van der Waals surface area contributed by atoms with E-state index in [1.54, 1.807) is 16.2 Å². The van der Waals surface area contributed by atoms with E-state index in [0.717, 1.165) is 117 Å². The predicted octanol–water partition coefficient (Wildman–Crippen LogP) is 6.39. The van der Waals surface area contributed by atoms with Gasteiger partial charge >= 0.3 is 5.69 Å². The highest BCUT2D eigenvalue weighted by atomic mass is 32.1. The second kappa shape index (κ2) is 16.6. The Labute approximate surface area is 346 Å². The Bertz CT molecular complexity index is 2640. The first kappa shape index (κ1) is 38.9. The van der Waals surface area contributed by atoms with Gasteiger partial charge in [-0.3, -0.25) is 38.7 Å². The number of aryl methyl sites for hydroxylation is 2. The molecule has 0 bridgehead atoms. The summed E-state index contributed by atoms with van der Waals surface area (Å²) in [6, 6.07) is 15.9. The molecule has 1 unspecified atom stereocenters. The van der Waals surface area contributed by atoms with Crippen molar-refractivity contribution >= 4 is 72.5 Å². The number of nitrogens with zero attached hydrogens (tertiary/aromatic N) is 6. The van der Waals surface area contributed by atoms with Crippen LogP contribution in [0.25, 0.3) is 43.3 Å². The molecular weight excluding hydrogens is 763 g/mol. The number of piperazine rings is 1. The van der Waals surface area contributed by atoms with Gasteiger partial charge in [0, 0.05) is 79.5 Å². The lowest BCUT2D eigenvalue weighted by atomic mass is 10.0. The summed E-state index contributed by atoms with van der Waals surface area (Å²) in [7, 11) is 1.77. The summed E-state index contributed by atoms with van der Waals surface area (Å²) in [5.41, 5.74) is 7.36. The Kier molecular flexibility index (Phi) is 10.9. The normalized spacial score (nSPS) is 18.9. The Hall–Kier alpha value is -5.60. The fraction of sp³-hybridized carbons (Fsp3) is 0.422. The van der Waals surface area contributed by atoms with Gasteiger partial charge in [-0.05, 0) is 81.1 Å². The molecule has 0 aliphatic carbocycles. The molecule has 2 atom stereocenters. The van der Waals surface area contributed by atoms with Crippen LogP contribution >= 0.6 is 11.3 Å². The number of fused-ring (bicyclic) bond motifs is 6. The predicted molar refractivity (Wildman–Crippen MR) is 234 cm³/mol. The maximum atomic E-state index is 13.2. The van der Waals surface area contributed by atoms with Gasteiger partial charge in [0.1, 0.15) is 10.9 Å². The van der Waals surface area contributed by atoms with E-state index < -0.39 is 11.9 Å². The van der Waals surface area contributed by atoms with E-state index in [9.17, 15) is 19.2 Å². The van der Waals surface area contributed by atoms with Gasteiger partial charge in [0.05, 0.1) is 39.8 Å². The molecule has 9 rings (SSSR count). The minimum absolute atomic E-state index is 0.0223. The average molecular weight is 814 g/mol. The van der Waals surface area contributed by atoms with Crippen LogP contribution in [0.3, 0.4) is 0 Å². The highest BCUT2D eigenvalue weighted by Gasteiger charge is 2.32. The molecule has 2 saturated heterocycles. The van der Waals surface area contributed by atoms with Crippen molar-refractivity contribution in [3.05, 3.63) is 81.8 Å². The van der Waals surface area contributed by atoms with Crippen LogP contribution in [0.1, 0.15) is 79.6 Å². The highest BCUT2D eigenvalue weighted by Crippen LogP contribution is 2.41. The van der Waals surface area contributed by atoms with Crippen molar-refractivity contribution in [3.63, 3.8) is 0 Å². The van der Waals surface area contributed by atoms with Gasteiger partial charge in [-0.25, -0.2) is 9.78 Å². The third-order valence-electron chi connectivity index (χ3n) is 12.3. The van der Waals surface area contributed by atoms with Crippen LogP contribution in [0.15, 0.2) is 65.7 Å². The second-order valence-electron chi connectivity index (χ2n) is 16.4. The van der Waals surface area contributed by atoms with Gasteiger partial charge in [-0.1, -0.05) is 37.8 Å². The number of thiophene rings is 1. The van der Waals surface area contributed by atoms with Crippen molar-refractivity contribution in [2.45, 2.75) is 76.8 Å². The summed E-state index contributed by atoms with van der Waals surface area (Å²) in [4.78, 5) is 65.8. The molecule has 14 heteroatoms. The number of pyridine rings is 2. The number of carbonyl (C=O) groups is 3. The summed E-state index contributed by atoms with van der Waals surface area (Å²) in [5.74, 6) is -0.708. The van der Waals surface area contributed by atoms with Gasteiger partial charge in [-0.2, -0.15) is 0 Å². The number of carbonyl (C=O) groups excluding carboxylic acids is 3. The summed E-state index contributed by atoms with van der Waals surface area (Å²) < 4.78 is 4.30. The Morgan fingerprint density at radius 3 is 2.54 bits per heavy atom. The minimum Gasteiger partial charge on any atom is -0.381 e. The van der Waals surface area contributed by atoms with Crippen molar-refractivity contribution in [2.24, 2.45) is 7.05 Å². The summed E-state index contributed by atoms with van der Waals surface area (Å²) in [5, 5.41) is 11.1. The zero-order chi connectivity index (χ0) is 40.6. The Morgan fingerprint density at radius 2 is 1.71 bits per heavy atom. The van der Waals surface area contributed by atoms with Gasteiger partial charge < -0.3 is 15.5 Å². The quantitative estimate of drug-likeness (QED) is 0.0945. The van der Waals surface area contributed by atoms with Crippen LogP contribution in [-0.2, 0) is 23.1 Å². The molecule has 0 radical (unpaired) electrons. The number of amides is 3. The topological polar surface area (TPSA) is 146 Å². The van der Waals surface area contributed by atoms with Crippen LogP contribution in [-0.4, -0.2) is 87.0 Å². The molecule has 3 amide bonds. The SMILES string of the molecule is C[C@@H]1CNc2c(sc3ccc4nc(-c5cncc(N6CCN(CCCCCCCCc7cccc8c7n(C)c(=O)n8C7CCC(=O)NC7=O)CC6)c5)ccc4c23)C(=O)N1. The molecule has 306 valence electrons. The summed E-state index contributed by atoms with van der Waals surface area (Å²) >= 11 is 1.53. The maximum Gasteiger partial charge on any atom is 0.329 e. The molecule has 3 N–H and O–H groups in total. The van der Waals surface area contributed by atoms with Crippen LogP contribution < -0.4 is 26.5 Å². The first-order valence-corrected chi connectivity index (χ1v) is 21.9. The molecule has 0 saturated carbocycles. The molecule has 3 aliphatic rings. The smallest absolute Gasteiger partial charge is 0.329 e. The van der Waals surface area contributed by atoms with Crippen LogP contribution in [0.2, 0.25) is 0 Å². The number of benzene rings is 2. The number of piperidine rings is 1. The van der Waals surface area contributed by atoms with Crippen molar-refractivity contribution in [3.8, 4) is 11.3 Å². The number of imide groups is 1. The monoisotopic (exact) mass is 813 g/mol. The molecule has 7 heterocycles. The zero-order valence-electron chi connectivity index (χ0n) is 33.8. The molecular formula is C45H51N9O4S.